The molecule has 1 nitrogen and oxygen atoms in total. The van der Waals surface area contributed by atoms with Gasteiger partial charge in [0.25, 0.3) is 0 Å². The van der Waals surface area contributed by atoms with Crippen molar-refractivity contribution in [3.05, 3.63) is 0 Å². The molecule has 0 aromatic rings. The van der Waals surface area contributed by atoms with Crippen molar-refractivity contribution in [2.45, 2.75) is 59.3 Å². The van der Waals surface area contributed by atoms with Crippen molar-refractivity contribution in [3.63, 3.8) is 0 Å². The SMILES string of the molecule is CCCCNC(=S)SCCCCCC(C)C. The molecular formula is C13H27NS2. The molecule has 0 radical (unpaired) electrons. The Bertz CT molecular complexity index is 169. The van der Waals surface area contributed by atoms with Crippen LogP contribution in [0.15, 0.2) is 0 Å². The molecule has 0 aliphatic carbocycles. The Hall–Kier alpha value is 0.240. The van der Waals surface area contributed by atoms with Gasteiger partial charge in [-0.15, -0.1) is 0 Å². The number of unbranched alkanes of at least 4 members (excludes halogenated alkanes) is 3. The van der Waals surface area contributed by atoms with Gasteiger partial charge in [-0.05, 0) is 18.8 Å². The predicted octanol–water partition coefficient (Wildman–Crippen LogP) is 4.61. The molecule has 0 aliphatic heterocycles. The molecule has 0 amide bonds. The van der Waals surface area contributed by atoms with Gasteiger partial charge in [-0.1, -0.05) is 70.4 Å². The fourth-order valence-electron chi connectivity index (χ4n) is 1.41. The van der Waals surface area contributed by atoms with Crippen LogP contribution in [-0.4, -0.2) is 16.6 Å². The third-order valence-corrected chi connectivity index (χ3v) is 3.86. The van der Waals surface area contributed by atoms with Crippen LogP contribution in [-0.2, 0) is 0 Å². The van der Waals surface area contributed by atoms with Crippen molar-refractivity contribution in [1.82, 2.24) is 5.32 Å². The molecule has 0 spiro atoms. The Morgan fingerprint density at radius 2 is 1.94 bits per heavy atom. The Kier molecular flexibility index (Phi) is 11.9. The van der Waals surface area contributed by atoms with Gasteiger partial charge in [0, 0.05) is 12.3 Å². The lowest BCUT2D eigenvalue weighted by Gasteiger charge is -2.07. The molecule has 0 fully saturated rings. The molecule has 0 rings (SSSR count). The van der Waals surface area contributed by atoms with Crippen molar-refractivity contribution >= 4 is 28.3 Å². The van der Waals surface area contributed by atoms with Crippen LogP contribution in [0.2, 0.25) is 0 Å². The highest BCUT2D eigenvalue weighted by atomic mass is 32.2. The molecule has 96 valence electrons. The number of thioether (sulfide) groups is 1. The molecule has 1 N–H and O–H groups in total. The Morgan fingerprint density at radius 1 is 1.19 bits per heavy atom. The second-order valence-electron chi connectivity index (χ2n) is 4.66. The predicted molar refractivity (Wildman–Crippen MR) is 81.3 cm³/mol. The normalized spacial score (nSPS) is 10.8. The lowest BCUT2D eigenvalue weighted by Crippen LogP contribution is -2.19. The first-order valence-corrected chi connectivity index (χ1v) is 7.96. The minimum Gasteiger partial charge on any atom is -0.371 e. The smallest absolute Gasteiger partial charge is 0.133 e. The van der Waals surface area contributed by atoms with Gasteiger partial charge in [0.15, 0.2) is 0 Å². The van der Waals surface area contributed by atoms with Gasteiger partial charge in [0.05, 0.1) is 0 Å². The summed E-state index contributed by atoms with van der Waals surface area (Å²) >= 11 is 7.04. The highest BCUT2D eigenvalue weighted by molar-refractivity contribution is 8.22. The molecule has 3 heteroatoms. The fraction of sp³-hybridized carbons (Fsp3) is 0.923. The van der Waals surface area contributed by atoms with Gasteiger partial charge in [-0.25, -0.2) is 0 Å². The van der Waals surface area contributed by atoms with Crippen molar-refractivity contribution in [1.29, 1.82) is 0 Å². The van der Waals surface area contributed by atoms with E-state index in [1.807, 2.05) is 0 Å². The minimum atomic E-state index is 0.851. The lowest BCUT2D eigenvalue weighted by molar-refractivity contribution is 0.535. The average Bonchev–Trinajstić information content (AvgIpc) is 2.23. The second kappa shape index (κ2) is 11.7. The molecular weight excluding hydrogens is 234 g/mol. The number of rotatable bonds is 9. The van der Waals surface area contributed by atoms with Crippen LogP contribution in [0.5, 0.6) is 0 Å². The summed E-state index contributed by atoms with van der Waals surface area (Å²) in [4.78, 5) is 0. The number of nitrogens with one attached hydrogen (secondary N) is 1. The quantitative estimate of drug-likeness (QED) is 0.481. The largest absolute Gasteiger partial charge is 0.371 e. The monoisotopic (exact) mass is 261 g/mol. The first-order valence-electron chi connectivity index (χ1n) is 6.57. The summed E-state index contributed by atoms with van der Waals surface area (Å²) in [5, 5.41) is 3.29. The van der Waals surface area contributed by atoms with Gasteiger partial charge in [0.1, 0.15) is 4.32 Å². The third-order valence-electron chi connectivity index (χ3n) is 2.46. The first kappa shape index (κ1) is 16.2. The topological polar surface area (TPSA) is 12.0 Å². The van der Waals surface area contributed by atoms with Crippen molar-refractivity contribution < 1.29 is 0 Å². The highest BCUT2D eigenvalue weighted by Crippen LogP contribution is 2.11. The van der Waals surface area contributed by atoms with Gasteiger partial charge in [-0.3, -0.25) is 0 Å². The molecule has 0 bridgehead atoms. The average molecular weight is 261 g/mol. The van der Waals surface area contributed by atoms with Crippen LogP contribution in [0.25, 0.3) is 0 Å². The maximum atomic E-state index is 5.24. The zero-order valence-corrected chi connectivity index (χ0v) is 12.7. The molecule has 0 saturated carbocycles. The number of hydrogen-bond acceptors (Lipinski definition) is 2. The van der Waals surface area contributed by atoms with E-state index in [1.54, 1.807) is 11.8 Å². The van der Waals surface area contributed by atoms with E-state index < -0.39 is 0 Å². The van der Waals surface area contributed by atoms with Crippen molar-refractivity contribution in [3.8, 4) is 0 Å². The van der Waals surface area contributed by atoms with E-state index in [0.717, 1.165) is 16.8 Å². The van der Waals surface area contributed by atoms with Crippen LogP contribution in [0.1, 0.15) is 59.3 Å². The maximum absolute atomic E-state index is 5.24. The van der Waals surface area contributed by atoms with Crippen LogP contribution in [0.3, 0.4) is 0 Å². The van der Waals surface area contributed by atoms with Crippen molar-refractivity contribution in [2.24, 2.45) is 5.92 Å². The van der Waals surface area contributed by atoms with Gasteiger partial charge in [0.2, 0.25) is 0 Å². The number of hydrogen-bond donors (Lipinski definition) is 1. The van der Waals surface area contributed by atoms with E-state index in [0.29, 0.717) is 0 Å². The molecule has 0 aliphatic rings. The summed E-state index contributed by atoms with van der Waals surface area (Å²) in [6.45, 7) is 7.82. The molecule has 0 aromatic carbocycles. The summed E-state index contributed by atoms with van der Waals surface area (Å²) < 4.78 is 0.984. The first-order chi connectivity index (χ1) is 7.66. The van der Waals surface area contributed by atoms with E-state index in [2.05, 4.69) is 26.1 Å². The minimum absolute atomic E-state index is 0.851. The second-order valence-corrected chi connectivity index (χ2v) is 6.43. The van der Waals surface area contributed by atoms with Crippen LogP contribution < -0.4 is 5.32 Å². The molecule has 0 saturated heterocycles. The summed E-state index contributed by atoms with van der Waals surface area (Å²) in [7, 11) is 0. The molecule has 0 aromatic heterocycles. The fourth-order valence-corrected chi connectivity index (χ4v) is 2.50. The Labute approximate surface area is 111 Å². The van der Waals surface area contributed by atoms with Crippen LogP contribution in [0.4, 0.5) is 0 Å². The summed E-state index contributed by atoms with van der Waals surface area (Å²) in [5.41, 5.74) is 0. The number of thiocarbonyl (C=S) groups is 1. The Morgan fingerprint density at radius 3 is 2.56 bits per heavy atom. The molecule has 0 heterocycles. The Balaban J connectivity index is 3.15. The standard InChI is InChI=1S/C13H27NS2/c1-4-5-10-14-13(15)16-11-8-6-7-9-12(2)3/h12H,4-11H2,1-3H3,(H,14,15). The van der Waals surface area contributed by atoms with Crippen LogP contribution in [0, 0.1) is 5.92 Å². The zero-order valence-electron chi connectivity index (χ0n) is 11.1. The van der Waals surface area contributed by atoms with Crippen molar-refractivity contribution in [2.75, 3.05) is 12.3 Å². The summed E-state index contributed by atoms with van der Waals surface area (Å²) in [6.07, 6.45) is 7.83. The van der Waals surface area contributed by atoms with Crippen LogP contribution >= 0.6 is 24.0 Å². The lowest BCUT2D eigenvalue weighted by atomic mass is 10.1. The van der Waals surface area contributed by atoms with Gasteiger partial charge in [-0.2, -0.15) is 0 Å². The zero-order chi connectivity index (χ0) is 12.2. The molecule has 16 heavy (non-hydrogen) atoms. The van der Waals surface area contributed by atoms with Gasteiger partial charge >= 0.3 is 0 Å². The molecule has 0 unspecified atom stereocenters. The van der Waals surface area contributed by atoms with Gasteiger partial charge < -0.3 is 5.32 Å². The molecule has 0 atom stereocenters. The summed E-state index contributed by atoms with van der Waals surface area (Å²) in [5.74, 6) is 2.03. The third kappa shape index (κ3) is 12.3. The summed E-state index contributed by atoms with van der Waals surface area (Å²) in [6, 6.07) is 0. The highest BCUT2D eigenvalue weighted by Gasteiger charge is 1.97. The van der Waals surface area contributed by atoms with E-state index in [9.17, 15) is 0 Å². The maximum Gasteiger partial charge on any atom is 0.133 e. The van der Waals surface area contributed by atoms with E-state index in [1.165, 1.54) is 44.3 Å². The van der Waals surface area contributed by atoms with E-state index in [-0.39, 0.29) is 0 Å². The van der Waals surface area contributed by atoms with E-state index >= 15 is 0 Å². The van der Waals surface area contributed by atoms with E-state index in [4.69, 9.17) is 12.2 Å².